The molecule has 1 aromatic heterocycles. The Labute approximate surface area is 102 Å². The smallest absolute Gasteiger partial charge is 0.337 e. The quantitative estimate of drug-likeness (QED) is 0.819. The normalized spacial score (nSPS) is 12.2. The topological polar surface area (TPSA) is 71.5 Å². The molecular formula is C11H8ClNO4. The predicted octanol–water partition coefficient (Wildman–Crippen LogP) is 2.53. The molecule has 0 saturated carbocycles. The molecule has 3 rings (SSSR count). The lowest BCUT2D eigenvalue weighted by Crippen LogP contribution is -1.97. The molecule has 17 heavy (non-hydrogen) atoms. The maximum atomic E-state index is 10.9. The van der Waals surface area contributed by atoms with Gasteiger partial charge in [-0.2, -0.15) is 0 Å². The molecule has 1 aromatic carbocycles. The second-order valence-corrected chi connectivity index (χ2v) is 3.36. The van der Waals surface area contributed by atoms with Crippen LogP contribution < -0.4 is 9.47 Å². The van der Waals surface area contributed by atoms with Crippen molar-refractivity contribution in [2.24, 2.45) is 0 Å². The lowest BCUT2D eigenvalue weighted by atomic mass is 10.1. The van der Waals surface area contributed by atoms with Crippen LogP contribution in [0.1, 0.15) is 10.4 Å². The number of hydrogen-bond donors (Lipinski definition) is 2. The van der Waals surface area contributed by atoms with Crippen molar-refractivity contribution in [1.82, 2.24) is 4.98 Å². The van der Waals surface area contributed by atoms with Gasteiger partial charge in [-0.3, -0.25) is 0 Å². The van der Waals surface area contributed by atoms with E-state index < -0.39 is 5.97 Å². The summed E-state index contributed by atoms with van der Waals surface area (Å²) in [6, 6.07) is 3.36. The lowest BCUT2D eigenvalue weighted by molar-refractivity contribution is 0.0699. The van der Waals surface area contributed by atoms with E-state index in [9.17, 15) is 4.79 Å². The van der Waals surface area contributed by atoms with Gasteiger partial charge in [-0.05, 0) is 6.07 Å². The number of fused-ring (bicyclic) bond motifs is 2. The molecule has 0 radical (unpaired) electrons. The van der Waals surface area contributed by atoms with E-state index in [1.165, 1.54) is 18.7 Å². The number of aromatic carboxylic acids is 1. The summed E-state index contributed by atoms with van der Waals surface area (Å²) in [7, 11) is 0. The van der Waals surface area contributed by atoms with E-state index >= 15 is 0 Å². The standard InChI is InChI=1S/C11H7NO4.ClH/c13-11(14)7-5-12-8-4-10-9(3-6(7)8)15-1-2-16-10;/h1-5,12H,(H,13,14);1H. The number of rotatable bonds is 1. The molecule has 2 heterocycles. The summed E-state index contributed by atoms with van der Waals surface area (Å²) < 4.78 is 10.5. The average Bonchev–Trinajstić information content (AvgIpc) is 2.68. The number of nitrogens with one attached hydrogen (secondary N) is 1. The zero-order valence-corrected chi connectivity index (χ0v) is 9.28. The van der Waals surface area contributed by atoms with E-state index in [-0.39, 0.29) is 18.0 Å². The Morgan fingerprint density at radius 3 is 2.47 bits per heavy atom. The fourth-order valence-corrected chi connectivity index (χ4v) is 1.69. The Bertz CT molecular complexity index is 617. The number of aromatic amines is 1. The number of carboxylic acids is 1. The summed E-state index contributed by atoms with van der Waals surface area (Å²) in [5.74, 6) is 0.101. The van der Waals surface area contributed by atoms with Crippen LogP contribution in [0.3, 0.4) is 0 Å². The highest BCUT2D eigenvalue weighted by Gasteiger charge is 2.16. The Kier molecular flexibility index (Phi) is 2.69. The zero-order valence-electron chi connectivity index (χ0n) is 8.47. The second kappa shape index (κ2) is 4.03. The number of carboxylic acid groups (broad SMARTS) is 1. The number of halogens is 1. The van der Waals surface area contributed by atoms with Crippen LogP contribution in [0.2, 0.25) is 0 Å². The lowest BCUT2D eigenvalue weighted by Gasteiger charge is -2.11. The van der Waals surface area contributed by atoms with Crippen LogP contribution in [0.25, 0.3) is 10.9 Å². The maximum absolute atomic E-state index is 10.9. The first-order valence-corrected chi connectivity index (χ1v) is 4.62. The number of benzene rings is 1. The first kappa shape index (κ1) is 11.3. The van der Waals surface area contributed by atoms with Crippen molar-refractivity contribution in [1.29, 1.82) is 0 Å². The van der Waals surface area contributed by atoms with Crippen LogP contribution in [-0.4, -0.2) is 16.1 Å². The zero-order chi connectivity index (χ0) is 11.1. The summed E-state index contributed by atoms with van der Waals surface area (Å²) in [5.41, 5.74) is 0.922. The van der Waals surface area contributed by atoms with E-state index in [4.69, 9.17) is 14.6 Å². The van der Waals surface area contributed by atoms with Crippen LogP contribution in [-0.2, 0) is 0 Å². The van der Waals surface area contributed by atoms with Gasteiger partial charge < -0.3 is 19.6 Å². The van der Waals surface area contributed by atoms with Crippen LogP contribution in [0, 0.1) is 0 Å². The third kappa shape index (κ3) is 1.70. The molecule has 0 bridgehead atoms. The largest absolute Gasteiger partial charge is 0.478 e. The molecule has 0 saturated heterocycles. The Morgan fingerprint density at radius 1 is 1.18 bits per heavy atom. The van der Waals surface area contributed by atoms with Gasteiger partial charge in [0.25, 0.3) is 0 Å². The van der Waals surface area contributed by atoms with Gasteiger partial charge in [0.15, 0.2) is 11.5 Å². The third-order valence-corrected chi connectivity index (χ3v) is 2.42. The van der Waals surface area contributed by atoms with E-state index in [1.54, 1.807) is 12.1 Å². The molecule has 0 amide bonds. The predicted molar refractivity (Wildman–Crippen MR) is 62.9 cm³/mol. The molecule has 2 aromatic rings. The third-order valence-electron chi connectivity index (χ3n) is 2.42. The Balaban J connectivity index is 0.00000108. The fraction of sp³-hybridized carbons (Fsp3) is 0. The first-order chi connectivity index (χ1) is 7.75. The summed E-state index contributed by atoms with van der Waals surface area (Å²) in [6.45, 7) is 0. The van der Waals surface area contributed by atoms with Gasteiger partial charge in [-0.25, -0.2) is 4.79 Å². The van der Waals surface area contributed by atoms with Crippen molar-refractivity contribution < 1.29 is 19.4 Å². The van der Waals surface area contributed by atoms with Crippen molar-refractivity contribution in [2.45, 2.75) is 0 Å². The SMILES string of the molecule is Cl.O=C(O)c1c[nH]c2cc3c(cc12)OC=CO3. The summed E-state index contributed by atoms with van der Waals surface area (Å²) >= 11 is 0. The molecule has 2 N–H and O–H groups in total. The van der Waals surface area contributed by atoms with Crippen LogP contribution in [0.15, 0.2) is 30.9 Å². The summed E-state index contributed by atoms with van der Waals surface area (Å²) in [6.07, 6.45) is 4.28. The number of hydrogen-bond acceptors (Lipinski definition) is 3. The van der Waals surface area contributed by atoms with E-state index in [1.807, 2.05) is 0 Å². The van der Waals surface area contributed by atoms with E-state index in [2.05, 4.69) is 4.98 Å². The highest BCUT2D eigenvalue weighted by molar-refractivity contribution is 6.04. The molecule has 6 heteroatoms. The minimum absolute atomic E-state index is 0. The molecule has 5 nitrogen and oxygen atoms in total. The highest BCUT2D eigenvalue weighted by Crippen LogP contribution is 2.35. The van der Waals surface area contributed by atoms with Gasteiger partial charge in [0, 0.05) is 17.6 Å². The van der Waals surface area contributed by atoms with Crippen LogP contribution in [0.4, 0.5) is 0 Å². The van der Waals surface area contributed by atoms with Gasteiger partial charge in [0.2, 0.25) is 0 Å². The molecular weight excluding hydrogens is 246 g/mol. The van der Waals surface area contributed by atoms with Gasteiger partial charge in [-0.15, -0.1) is 12.4 Å². The number of H-pyrrole nitrogens is 1. The molecule has 1 aliphatic rings. The Hall–Kier alpha value is -2.14. The van der Waals surface area contributed by atoms with Crippen LogP contribution in [0.5, 0.6) is 11.5 Å². The molecule has 0 fully saturated rings. The Morgan fingerprint density at radius 2 is 1.82 bits per heavy atom. The molecule has 0 atom stereocenters. The molecule has 1 aliphatic heterocycles. The second-order valence-electron chi connectivity index (χ2n) is 3.36. The minimum Gasteiger partial charge on any atom is -0.478 e. The van der Waals surface area contributed by atoms with Gasteiger partial charge in [-0.1, -0.05) is 0 Å². The van der Waals surface area contributed by atoms with Gasteiger partial charge in [0.05, 0.1) is 11.1 Å². The van der Waals surface area contributed by atoms with Crippen molar-refractivity contribution in [3.63, 3.8) is 0 Å². The average molecular weight is 254 g/mol. The van der Waals surface area contributed by atoms with Crippen molar-refractivity contribution >= 4 is 29.3 Å². The fourth-order valence-electron chi connectivity index (χ4n) is 1.69. The highest BCUT2D eigenvalue weighted by atomic mass is 35.5. The van der Waals surface area contributed by atoms with Gasteiger partial charge >= 0.3 is 5.97 Å². The first-order valence-electron chi connectivity index (χ1n) is 4.62. The minimum atomic E-state index is -0.974. The number of carbonyl (C=O) groups is 1. The van der Waals surface area contributed by atoms with Gasteiger partial charge in [0.1, 0.15) is 12.5 Å². The van der Waals surface area contributed by atoms with E-state index in [0.29, 0.717) is 22.4 Å². The molecule has 0 spiro atoms. The van der Waals surface area contributed by atoms with Crippen LogP contribution >= 0.6 is 12.4 Å². The number of aromatic nitrogens is 1. The van der Waals surface area contributed by atoms with E-state index in [0.717, 1.165) is 0 Å². The molecule has 0 unspecified atom stereocenters. The van der Waals surface area contributed by atoms with Crippen molar-refractivity contribution in [2.75, 3.05) is 0 Å². The molecule has 88 valence electrons. The molecule has 0 aliphatic carbocycles. The van der Waals surface area contributed by atoms with Crippen molar-refractivity contribution in [3.05, 3.63) is 36.4 Å². The van der Waals surface area contributed by atoms with Crippen molar-refractivity contribution in [3.8, 4) is 11.5 Å². The summed E-state index contributed by atoms with van der Waals surface area (Å²) in [4.78, 5) is 13.8. The monoisotopic (exact) mass is 253 g/mol. The summed E-state index contributed by atoms with van der Waals surface area (Å²) in [5, 5.41) is 9.57. The maximum Gasteiger partial charge on any atom is 0.337 e. The number of ether oxygens (including phenoxy) is 2.